The zero-order valence-electron chi connectivity index (χ0n) is 9.48. The highest BCUT2D eigenvalue weighted by molar-refractivity contribution is 5.52. The van der Waals surface area contributed by atoms with Crippen LogP contribution in [0.15, 0.2) is 43.0 Å². The molecule has 0 aliphatic heterocycles. The maximum Gasteiger partial charge on any atom is 0.418 e. The molecule has 0 aliphatic rings. The smallest absolute Gasteiger partial charge is 0.383 e. The van der Waals surface area contributed by atoms with Crippen LogP contribution >= 0.6 is 0 Å². The van der Waals surface area contributed by atoms with Crippen molar-refractivity contribution in [2.45, 2.75) is 12.7 Å². The number of hydrogen-bond donors (Lipinski definition) is 1. The number of anilines is 1. The van der Waals surface area contributed by atoms with Gasteiger partial charge in [-0.2, -0.15) is 13.2 Å². The molecule has 0 atom stereocenters. The second-order valence-corrected chi connectivity index (χ2v) is 3.77. The molecule has 1 heterocycles. The van der Waals surface area contributed by atoms with Gasteiger partial charge in [0.15, 0.2) is 0 Å². The van der Waals surface area contributed by atoms with Gasteiger partial charge in [0, 0.05) is 31.2 Å². The van der Waals surface area contributed by atoms with Gasteiger partial charge in [0.25, 0.3) is 0 Å². The van der Waals surface area contributed by atoms with E-state index in [-0.39, 0.29) is 5.69 Å². The molecule has 1 N–H and O–H groups in total. The maximum absolute atomic E-state index is 12.7. The van der Waals surface area contributed by atoms with Gasteiger partial charge in [0.2, 0.25) is 0 Å². The molecule has 2 aromatic rings. The van der Waals surface area contributed by atoms with Gasteiger partial charge in [0.1, 0.15) is 0 Å². The third-order valence-electron chi connectivity index (χ3n) is 2.48. The summed E-state index contributed by atoms with van der Waals surface area (Å²) in [4.78, 5) is 3.86. The summed E-state index contributed by atoms with van der Waals surface area (Å²) in [7, 11) is 0. The lowest BCUT2D eigenvalue weighted by Gasteiger charge is -2.14. The number of hydrogen-bond acceptors (Lipinski definition) is 2. The van der Waals surface area contributed by atoms with Crippen LogP contribution in [-0.4, -0.2) is 16.1 Å². The van der Waals surface area contributed by atoms with Crippen molar-refractivity contribution in [3.05, 3.63) is 48.5 Å². The monoisotopic (exact) mass is 255 g/mol. The Morgan fingerprint density at radius 1 is 1.22 bits per heavy atom. The van der Waals surface area contributed by atoms with E-state index in [1.165, 1.54) is 12.1 Å². The Kier molecular flexibility index (Phi) is 3.55. The van der Waals surface area contributed by atoms with E-state index in [4.69, 9.17) is 0 Å². The molecule has 2 rings (SSSR count). The molecule has 1 aromatic heterocycles. The largest absolute Gasteiger partial charge is 0.418 e. The first-order valence-electron chi connectivity index (χ1n) is 5.43. The molecule has 0 aliphatic carbocycles. The molecule has 0 saturated carbocycles. The average Bonchev–Trinajstić information content (AvgIpc) is 2.81. The lowest BCUT2D eigenvalue weighted by Crippen LogP contribution is -2.14. The van der Waals surface area contributed by atoms with Crippen LogP contribution in [0.4, 0.5) is 18.9 Å². The number of imidazole rings is 1. The van der Waals surface area contributed by atoms with Gasteiger partial charge in [-0.3, -0.25) is 0 Å². The highest BCUT2D eigenvalue weighted by atomic mass is 19.4. The van der Waals surface area contributed by atoms with Crippen LogP contribution in [0.3, 0.4) is 0 Å². The lowest BCUT2D eigenvalue weighted by molar-refractivity contribution is -0.136. The molecule has 0 saturated heterocycles. The van der Waals surface area contributed by atoms with Gasteiger partial charge in [-0.05, 0) is 12.1 Å². The Bertz CT molecular complexity index is 492. The minimum Gasteiger partial charge on any atom is -0.383 e. The highest BCUT2D eigenvalue weighted by Gasteiger charge is 2.32. The molecule has 0 fully saturated rings. The topological polar surface area (TPSA) is 29.9 Å². The summed E-state index contributed by atoms with van der Waals surface area (Å²) < 4.78 is 39.9. The molecule has 1 aromatic carbocycles. The predicted molar refractivity (Wildman–Crippen MR) is 62.2 cm³/mol. The van der Waals surface area contributed by atoms with Crippen molar-refractivity contribution < 1.29 is 13.2 Å². The summed E-state index contributed by atoms with van der Waals surface area (Å²) in [5.74, 6) is 0. The maximum atomic E-state index is 12.7. The summed E-state index contributed by atoms with van der Waals surface area (Å²) >= 11 is 0. The van der Waals surface area contributed by atoms with E-state index in [0.717, 1.165) is 6.07 Å². The standard InChI is InChI=1S/C12H12F3N3/c13-12(14,15)10-3-1-2-4-11(10)17-6-8-18-7-5-16-9-18/h1-5,7,9,17H,6,8H2. The first kappa shape index (κ1) is 12.5. The number of halogens is 3. The molecule has 0 spiro atoms. The van der Waals surface area contributed by atoms with Crippen molar-refractivity contribution in [2.75, 3.05) is 11.9 Å². The Balaban J connectivity index is 2.01. The van der Waals surface area contributed by atoms with E-state index in [0.29, 0.717) is 13.1 Å². The van der Waals surface area contributed by atoms with Gasteiger partial charge in [0.05, 0.1) is 11.9 Å². The van der Waals surface area contributed by atoms with Crippen LogP contribution in [0, 0.1) is 0 Å². The molecule has 0 bridgehead atoms. The molecular formula is C12H12F3N3. The number of para-hydroxylation sites is 1. The van der Waals surface area contributed by atoms with Gasteiger partial charge in [-0.1, -0.05) is 12.1 Å². The molecule has 3 nitrogen and oxygen atoms in total. The molecule has 0 amide bonds. The highest BCUT2D eigenvalue weighted by Crippen LogP contribution is 2.34. The molecule has 0 radical (unpaired) electrons. The van der Waals surface area contributed by atoms with Crippen molar-refractivity contribution in [2.24, 2.45) is 0 Å². The lowest BCUT2D eigenvalue weighted by atomic mass is 10.1. The van der Waals surface area contributed by atoms with Crippen molar-refractivity contribution in [1.29, 1.82) is 0 Å². The predicted octanol–water partition coefficient (Wildman–Crippen LogP) is 3.01. The van der Waals surface area contributed by atoms with Gasteiger partial charge in [-0.25, -0.2) is 4.98 Å². The number of aromatic nitrogens is 2. The average molecular weight is 255 g/mol. The fourth-order valence-corrected chi connectivity index (χ4v) is 1.62. The first-order chi connectivity index (χ1) is 8.57. The van der Waals surface area contributed by atoms with Crippen molar-refractivity contribution in [3.63, 3.8) is 0 Å². The summed E-state index contributed by atoms with van der Waals surface area (Å²) in [6.45, 7) is 0.968. The Morgan fingerprint density at radius 2 is 2.00 bits per heavy atom. The van der Waals surface area contributed by atoms with Crippen LogP contribution in [-0.2, 0) is 12.7 Å². The van der Waals surface area contributed by atoms with E-state index in [2.05, 4.69) is 10.3 Å². The van der Waals surface area contributed by atoms with Gasteiger partial charge >= 0.3 is 6.18 Å². The van der Waals surface area contributed by atoms with Crippen LogP contribution in [0.1, 0.15) is 5.56 Å². The SMILES string of the molecule is FC(F)(F)c1ccccc1NCCn1ccnc1. The molecule has 6 heteroatoms. The summed E-state index contributed by atoms with van der Waals surface area (Å²) in [6, 6.07) is 5.45. The van der Waals surface area contributed by atoms with Crippen LogP contribution < -0.4 is 5.32 Å². The number of rotatable bonds is 4. The minimum absolute atomic E-state index is 0.102. The van der Waals surface area contributed by atoms with E-state index >= 15 is 0 Å². The molecule has 18 heavy (non-hydrogen) atoms. The van der Waals surface area contributed by atoms with Gasteiger partial charge in [-0.15, -0.1) is 0 Å². The normalized spacial score (nSPS) is 11.5. The molecular weight excluding hydrogens is 243 g/mol. The van der Waals surface area contributed by atoms with Crippen LogP contribution in [0.25, 0.3) is 0 Å². The van der Waals surface area contributed by atoms with Crippen molar-refractivity contribution in [3.8, 4) is 0 Å². The quantitative estimate of drug-likeness (QED) is 0.910. The zero-order chi connectivity index (χ0) is 13.0. The van der Waals surface area contributed by atoms with E-state index in [9.17, 15) is 13.2 Å². The Hall–Kier alpha value is -1.98. The van der Waals surface area contributed by atoms with Crippen LogP contribution in [0.2, 0.25) is 0 Å². The van der Waals surface area contributed by atoms with Crippen LogP contribution in [0.5, 0.6) is 0 Å². The van der Waals surface area contributed by atoms with Gasteiger partial charge < -0.3 is 9.88 Å². The number of nitrogens with zero attached hydrogens (tertiary/aromatic N) is 2. The van der Waals surface area contributed by atoms with E-state index in [1.807, 2.05) is 0 Å². The number of alkyl halides is 3. The molecule has 0 unspecified atom stereocenters. The summed E-state index contributed by atoms with van der Waals surface area (Å²) in [6.07, 6.45) is 0.678. The Morgan fingerprint density at radius 3 is 2.67 bits per heavy atom. The summed E-state index contributed by atoms with van der Waals surface area (Å²) in [5, 5.41) is 2.79. The van der Waals surface area contributed by atoms with E-state index in [1.54, 1.807) is 29.4 Å². The van der Waals surface area contributed by atoms with E-state index < -0.39 is 11.7 Å². The third-order valence-corrected chi connectivity index (χ3v) is 2.48. The van der Waals surface area contributed by atoms with Crippen molar-refractivity contribution >= 4 is 5.69 Å². The third kappa shape index (κ3) is 3.03. The molecule has 96 valence electrons. The second kappa shape index (κ2) is 5.12. The minimum atomic E-state index is -4.33. The fourth-order valence-electron chi connectivity index (χ4n) is 1.62. The number of benzene rings is 1. The number of nitrogens with one attached hydrogen (secondary N) is 1. The summed E-state index contributed by atoms with van der Waals surface area (Å²) in [5.41, 5.74) is -0.541. The Labute approximate surface area is 102 Å². The zero-order valence-corrected chi connectivity index (χ0v) is 9.48. The first-order valence-corrected chi connectivity index (χ1v) is 5.43. The second-order valence-electron chi connectivity index (χ2n) is 3.77. The van der Waals surface area contributed by atoms with Crippen molar-refractivity contribution in [1.82, 2.24) is 9.55 Å². The fraction of sp³-hybridized carbons (Fsp3) is 0.250.